The van der Waals surface area contributed by atoms with Gasteiger partial charge in [0.2, 0.25) is 0 Å². The van der Waals surface area contributed by atoms with Gasteiger partial charge in [0.1, 0.15) is 0 Å². The van der Waals surface area contributed by atoms with Crippen LogP contribution in [0.5, 0.6) is 0 Å². The summed E-state index contributed by atoms with van der Waals surface area (Å²) in [5.41, 5.74) is 1.84. The summed E-state index contributed by atoms with van der Waals surface area (Å²) in [5, 5.41) is 1.46. The van der Waals surface area contributed by atoms with E-state index < -0.39 is 0 Å². The van der Waals surface area contributed by atoms with Gasteiger partial charge in [-0.05, 0) is 44.7 Å². The molecule has 92 valence electrons. The van der Waals surface area contributed by atoms with Crippen molar-refractivity contribution in [2.45, 2.75) is 26.7 Å². The molecule has 1 aliphatic carbocycles. The molecule has 0 saturated heterocycles. The Bertz CT molecular complexity index is 382. The van der Waals surface area contributed by atoms with E-state index in [1.54, 1.807) is 0 Å². The average Bonchev–Trinajstić information content (AvgIpc) is 3.14. The fourth-order valence-electron chi connectivity index (χ4n) is 1.61. The molecule has 1 amide bonds. The molecule has 1 aromatic rings. The molecule has 2 rings (SSSR count). The number of hydrogen-bond acceptors (Lipinski definition) is 2. The summed E-state index contributed by atoms with van der Waals surface area (Å²) in [6.45, 7) is 5.19. The third kappa shape index (κ3) is 3.30. The van der Waals surface area contributed by atoms with Crippen LogP contribution in [0.25, 0.3) is 0 Å². The van der Waals surface area contributed by atoms with Gasteiger partial charge in [0, 0.05) is 12.1 Å². The zero-order valence-corrected chi connectivity index (χ0v) is 10.5. The number of hydrogen-bond donors (Lipinski definition) is 0. The summed E-state index contributed by atoms with van der Waals surface area (Å²) in [6, 6.07) is 7.59. The topological polar surface area (TPSA) is 29.5 Å². The largest absolute Gasteiger partial charge is 0.277 e. The molecule has 1 fully saturated rings. The highest BCUT2D eigenvalue weighted by molar-refractivity contribution is 5.93. The smallest absolute Gasteiger partial charge is 0.270 e. The third-order valence-electron chi connectivity index (χ3n) is 2.98. The first-order valence-electron chi connectivity index (χ1n) is 6.22. The number of hydroxylamine groups is 2. The van der Waals surface area contributed by atoms with E-state index in [0.717, 1.165) is 5.56 Å². The molecule has 0 unspecified atom stereocenters. The van der Waals surface area contributed by atoms with Crippen LogP contribution in [0.1, 0.15) is 35.7 Å². The first kappa shape index (κ1) is 12.1. The predicted octanol–water partition coefficient (Wildman–Crippen LogP) is 2.80. The lowest BCUT2D eigenvalue weighted by atomic mass is 10.1. The summed E-state index contributed by atoms with van der Waals surface area (Å²) in [4.78, 5) is 17.7. The molecule has 0 aromatic heterocycles. The van der Waals surface area contributed by atoms with Gasteiger partial charge in [-0.2, -0.15) is 0 Å². The molecule has 0 atom stereocenters. The van der Waals surface area contributed by atoms with Crippen LogP contribution in [0.15, 0.2) is 24.3 Å². The minimum absolute atomic E-state index is 0.0480. The van der Waals surface area contributed by atoms with Crippen molar-refractivity contribution in [3.8, 4) is 0 Å². The highest BCUT2D eigenvalue weighted by atomic mass is 16.7. The van der Waals surface area contributed by atoms with Gasteiger partial charge in [-0.1, -0.05) is 17.7 Å². The molecular weight excluding hydrogens is 214 g/mol. The van der Waals surface area contributed by atoms with Gasteiger partial charge >= 0.3 is 0 Å². The molecular formula is C14H19NO2. The molecule has 1 saturated carbocycles. The Morgan fingerprint density at radius 3 is 2.53 bits per heavy atom. The normalized spacial score (nSPS) is 14.7. The maximum absolute atomic E-state index is 12.1. The highest BCUT2D eigenvalue weighted by Crippen LogP contribution is 2.29. The fraction of sp³-hybridized carbons (Fsp3) is 0.500. The van der Waals surface area contributed by atoms with Gasteiger partial charge in [0.05, 0.1) is 6.61 Å². The number of amides is 1. The second kappa shape index (κ2) is 5.32. The highest BCUT2D eigenvalue weighted by Gasteiger charge is 2.24. The number of carbonyl (C=O) groups is 1. The van der Waals surface area contributed by atoms with Crippen molar-refractivity contribution < 1.29 is 9.63 Å². The van der Waals surface area contributed by atoms with Crippen molar-refractivity contribution in [2.24, 2.45) is 5.92 Å². The van der Waals surface area contributed by atoms with E-state index in [2.05, 4.69) is 0 Å². The van der Waals surface area contributed by atoms with Crippen molar-refractivity contribution >= 4 is 5.91 Å². The van der Waals surface area contributed by atoms with Crippen LogP contribution < -0.4 is 0 Å². The first-order chi connectivity index (χ1) is 8.20. The SMILES string of the molecule is CCN(OCC1CC1)C(=O)c1ccc(C)cc1. The molecule has 3 nitrogen and oxygen atoms in total. The maximum atomic E-state index is 12.1. The lowest BCUT2D eigenvalue weighted by Gasteiger charge is -2.20. The molecule has 0 aliphatic heterocycles. The van der Waals surface area contributed by atoms with E-state index in [0.29, 0.717) is 24.6 Å². The Balaban J connectivity index is 1.97. The van der Waals surface area contributed by atoms with E-state index >= 15 is 0 Å². The summed E-state index contributed by atoms with van der Waals surface area (Å²) in [7, 11) is 0. The Morgan fingerprint density at radius 2 is 2.00 bits per heavy atom. The van der Waals surface area contributed by atoms with E-state index in [-0.39, 0.29) is 5.91 Å². The summed E-state index contributed by atoms with van der Waals surface area (Å²) < 4.78 is 0. The van der Waals surface area contributed by atoms with Crippen molar-refractivity contribution in [3.05, 3.63) is 35.4 Å². The van der Waals surface area contributed by atoms with Crippen molar-refractivity contribution in [1.82, 2.24) is 5.06 Å². The summed E-state index contributed by atoms with van der Waals surface area (Å²) in [5.74, 6) is 0.614. The van der Waals surface area contributed by atoms with E-state index in [1.165, 1.54) is 17.9 Å². The number of benzene rings is 1. The van der Waals surface area contributed by atoms with Gasteiger partial charge in [0.15, 0.2) is 0 Å². The van der Waals surface area contributed by atoms with Crippen LogP contribution >= 0.6 is 0 Å². The zero-order chi connectivity index (χ0) is 12.3. The van der Waals surface area contributed by atoms with Crippen LogP contribution in [0, 0.1) is 12.8 Å². The van der Waals surface area contributed by atoms with Crippen molar-refractivity contribution in [3.63, 3.8) is 0 Å². The monoisotopic (exact) mass is 233 g/mol. The van der Waals surface area contributed by atoms with Crippen molar-refractivity contribution in [2.75, 3.05) is 13.2 Å². The molecule has 1 aromatic carbocycles. The molecule has 17 heavy (non-hydrogen) atoms. The second-order valence-electron chi connectivity index (χ2n) is 4.61. The van der Waals surface area contributed by atoms with Gasteiger partial charge in [-0.25, -0.2) is 5.06 Å². The fourth-order valence-corrected chi connectivity index (χ4v) is 1.61. The average molecular weight is 233 g/mol. The lowest BCUT2D eigenvalue weighted by molar-refractivity contribution is -0.124. The predicted molar refractivity (Wildman–Crippen MR) is 66.6 cm³/mol. The molecule has 3 heteroatoms. The van der Waals surface area contributed by atoms with Gasteiger partial charge in [0.25, 0.3) is 5.91 Å². The Hall–Kier alpha value is -1.35. The van der Waals surface area contributed by atoms with Crippen LogP contribution in [0.2, 0.25) is 0 Å². The molecule has 0 heterocycles. The minimum atomic E-state index is -0.0480. The zero-order valence-electron chi connectivity index (χ0n) is 10.5. The van der Waals surface area contributed by atoms with Crippen molar-refractivity contribution in [1.29, 1.82) is 0 Å². The number of nitrogens with zero attached hydrogens (tertiary/aromatic N) is 1. The number of rotatable bonds is 5. The van der Waals surface area contributed by atoms with Gasteiger partial charge in [-0.3, -0.25) is 9.63 Å². The maximum Gasteiger partial charge on any atom is 0.277 e. The lowest BCUT2D eigenvalue weighted by Crippen LogP contribution is -2.31. The van der Waals surface area contributed by atoms with Crippen LogP contribution in [0.3, 0.4) is 0 Å². The van der Waals surface area contributed by atoms with Gasteiger partial charge < -0.3 is 0 Å². The number of aryl methyl sites for hydroxylation is 1. The standard InChI is InChI=1S/C14H19NO2/c1-3-15(17-10-12-6-7-12)14(16)13-8-4-11(2)5-9-13/h4-5,8-9,12H,3,6-7,10H2,1-2H3. The van der Waals surface area contributed by atoms with Crippen LogP contribution in [0.4, 0.5) is 0 Å². The second-order valence-corrected chi connectivity index (χ2v) is 4.61. The molecule has 0 N–H and O–H groups in total. The molecule has 0 bridgehead atoms. The van der Waals surface area contributed by atoms with Gasteiger partial charge in [-0.15, -0.1) is 0 Å². The first-order valence-corrected chi connectivity index (χ1v) is 6.22. The van der Waals surface area contributed by atoms with E-state index in [4.69, 9.17) is 4.84 Å². The third-order valence-corrected chi connectivity index (χ3v) is 2.98. The molecule has 0 radical (unpaired) electrons. The Morgan fingerprint density at radius 1 is 1.35 bits per heavy atom. The number of carbonyl (C=O) groups excluding carboxylic acids is 1. The Labute approximate surface area is 102 Å². The molecule has 0 spiro atoms. The summed E-state index contributed by atoms with van der Waals surface area (Å²) in [6.07, 6.45) is 2.46. The quantitative estimate of drug-likeness (QED) is 0.732. The van der Waals surface area contributed by atoms with Crippen LogP contribution in [-0.4, -0.2) is 24.1 Å². The molecule has 1 aliphatic rings. The summed E-state index contributed by atoms with van der Waals surface area (Å²) >= 11 is 0. The van der Waals surface area contributed by atoms with E-state index in [9.17, 15) is 4.79 Å². The van der Waals surface area contributed by atoms with Crippen LogP contribution in [-0.2, 0) is 4.84 Å². The Kier molecular flexibility index (Phi) is 3.79. The van der Waals surface area contributed by atoms with E-state index in [1.807, 2.05) is 38.1 Å². The minimum Gasteiger partial charge on any atom is -0.270 e.